The molecular formula is C10H9FN2OS. The molecule has 78 valence electrons. The fourth-order valence-corrected chi connectivity index (χ4v) is 1.76. The number of rotatable bonds is 2. The Morgan fingerprint density at radius 1 is 1.47 bits per heavy atom. The standard InChI is InChI=1S/C10H9FN2OS/c1-15-9-3-2-6(4-8(9)11)7-5-13-14-10(7)12/h2-5H,12H2,1H3. The third kappa shape index (κ3) is 1.83. The highest BCUT2D eigenvalue weighted by molar-refractivity contribution is 7.98. The number of benzene rings is 1. The molecular weight excluding hydrogens is 215 g/mol. The molecule has 1 heterocycles. The van der Waals surface area contributed by atoms with Gasteiger partial charge in [-0.3, -0.25) is 0 Å². The Hall–Kier alpha value is -1.49. The number of hydrogen-bond acceptors (Lipinski definition) is 4. The lowest BCUT2D eigenvalue weighted by atomic mass is 10.1. The van der Waals surface area contributed by atoms with Gasteiger partial charge in [0, 0.05) is 4.90 Å². The average Bonchev–Trinajstić information content (AvgIpc) is 2.64. The lowest BCUT2D eigenvalue weighted by Gasteiger charge is -2.02. The van der Waals surface area contributed by atoms with Crippen molar-refractivity contribution in [1.29, 1.82) is 0 Å². The third-order valence-electron chi connectivity index (χ3n) is 2.06. The lowest BCUT2D eigenvalue weighted by Crippen LogP contribution is -1.87. The first-order valence-corrected chi connectivity index (χ1v) is 5.49. The third-order valence-corrected chi connectivity index (χ3v) is 2.83. The normalized spacial score (nSPS) is 10.5. The fourth-order valence-electron chi connectivity index (χ4n) is 1.30. The Labute approximate surface area is 90.4 Å². The van der Waals surface area contributed by atoms with E-state index in [9.17, 15) is 4.39 Å². The monoisotopic (exact) mass is 224 g/mol. The van der Waals surface area contributed by atoms with E-state index in [4.69, 9.17) is 10.3 Å². The van der Waals surface area contributed by atoms with Crippen molar-refractivity contribution >= 4 is 17.6 Å². The quantitative estimate of drug-likeness (QED) is 0.797. The van der Waals surface area contributed by atoms with Gasteiger partial charge < -0.3 is 10.3 Å². The van der Waals surface area contributed by atoms with Crippen molar-refractivity contribution in [2.75, 3.05) is 12.0 Å². The number of halogens is 1. The zero-order valence-electron chi connectivity index (χ0n) is 8.03. The predicted octanol–water partition coefficient (Wildman–Crippen LogP) is 2.78. The molecule has 0 fully saturated rings. The van der Waals surface area contributed by atoms with Gasteiger partial charge in [0.1, 0.15) is 5.82 Å². The molecule has 2 aromatic rings. The van der Waals surface area contributed by atoms with Crippen LogP contribution in [0.1, 0.15) is 0 Å². The van der Waals surface area contributed by atoms with E-state index in [1.54, 1.807) is 12.1 Å². The van der Waals surface area contributed by atoms with Crippen LogP contribution in [0.3, 0.4) is 0 Å². The number of nitrogens with zero attached hydrogens (tertiary/aromatic N) is 1. The molecule has 0 amide bonds. The van der Waals surface area contributed by atoms with Gasteiger partial charge >= 0.3 is 0 Å². The summed E-state index contributed by atoms with van der Waals surface area (Å²) >= 11 is 1.36. The molecule has 2 rings (SSSR count). The van der Waals surface area contributed by atoms with Gasteiger partial charge in [-0.2, -0.15) is 0 Å². The van der Waals surface area contributed by atoms with Crippen molar-refractivity contribution < 1.29 is 8.91 Å². The van der Waals surface area contributed by atoms with Crippen molar-refractivity contribution in [2.45, 2.75) is 4.90 Å². The van der Waals surface area contributed by atoms with Gasteiger partial charge in [0.25, 0.3) is 0 Å². The second kappa shape index (κ2) is 3.94. The summed E-state index contributed by atoms with van der Waals surface area (Å²) in [6.07, 6.45) is 3.30. The zero-order chi connectivity index (χ0) is 10.8. The van der Waals surface area contributed by atoms with Crippen molar-refractivity contribution in [3.05, 3.63) is 30.2 Å². The largest absolute Gasteiger partial charge is 0.367 e. The lowest BCUT2D eigenvalue weighted by molar-refractivity contribution is 0.436. The number of thioether (sulfide) groups is 1. The maximum absolute atomic E-state index is 13.5. The average molecular weight is 224 g/mol. The van der Waals surface area contributed by atoms with E-state index in [0.29, 0.717) is 16.0 Å². The van der Waals surface area contributed by atoms with Crippen LogP contribution < -0.4 is 5.73 Å². The number of hydrogen-bond donors (Lipinski definition) is 1. The topological polar surface area (TPSA) is 52.0 Å². The van der Waals surface area contributed by atoms with E-state index >= 15 is 0 Å². The molecule has 0 spiro atoms. The Morgan fingerprint density at radius 2 is 2.27 bits per heavy atom. The van der Waals surface area contributed by atoms with Gasteiger partial charge in [0.2, 0.25) is 5.88 Å². The summed E-state index contributed by atoms with van der Waals surface area (Å²) in [5, 5.41) is 3.54. The zero-order valence-corrected chi connectivity index (χ0v) is 8.84. The highest BCUT2D eigenvalue weighted by atomic mass is 32.2. The molecule has 0 unspecified atom stereocenters. The molecule has 0 aliphatic heterocycles. The Balaban J connectivity index is 2.47. The van der Waals surface area contributed by atoms with E-state index in [0.717, 1.165) is 0 Å². The van der Waals surface area contributed by atoms with Crippen LogP contribution in [0.15, 0.2) is 33.8 Å². The minimum absolute atomic E-state index is 0.200. The second-order valence-corrected chi connectivity index (χ2v) is 3.80. The molecule has 0 aliphatic carbocycles. The predicted molar refractivity (Wildman–Crippen MR) is 58.1 cm³/mol. The van der Waals surface area contributed by atoms with E-state index in [1.165, 1.54) is 24.0 Å². The molecule has 0 aliphatic rings. The van der Waals surface area contributed by atoms with Crippen molar-refractivity contribution in [1.82, 2.24) is 5.16 Å². The summed E-state index contributed by atoms with van der Waals surface area (Å²) in [5.41, 5.74) is 6.82. The maximum Gasteiger partial charge on any atom is 0.229 e. The first-order chi connectivity index (χ1) is 7.22. The van der Waals surface area contributed by atoms with Crippen LogP contribution in [0.25, 0.3) is 11.1 Å². The number of nitrogen functional groups attached to an aromatic ring is 1. The van der Waals surface area contributed by atoms with E-state index in [2.05, 4.69) is 5.16 Å². The summed E-state index contributed by atoms with van der Waals surface area (Å²) in [5.74, 6) is -0.0631. The molecule has 1 aromatic carbocycles. The van der Waals surface area contributed by atoms with Crippen molar-refractivity contribution in [3.8, 4) is 11.1 Å². The number of nitrogens with two attached hydrogens (primary N) is 1. The summed E-state index contributed by atoms with van der Waals surface area (Å²) in [6.45, 7) is 0. The smallest absolute Gasteiger partial charge is 0.229 e. The van der Waals surface area contributed by atoms with Crippen LogP contribution in [0, 0.1) is 5.82 Å². The van der Waals surface area contributed by atoms with Crippen LogP contribution in [0.4, 0.5) is 10.3 Å². The SMILES string of the molecule is CSc1ccc(-c2cnoc2N)cc1F. The maximum atomic E-state index is 13.5. The summed E-state index contributed by atoms with van der Waals surface area (Å²) in [4.78, 5) is 0.605. The molecule has 2 N–H and O–H groups in total. The van der Waals surface area contributed by atoms with E-state index < -0.39 is 0 Å². The van der Waals surface area contributed by atoms with Crippen LogP contribution in [0.2, 0.25) is 0 Å². The molecule has 15 heavy (non-hydrogen) atoms. The summed E-state index contributed by atoms with van der Waals surface area (Å²) in [7, 11) is 0. The molecule has 0 bridgehead atoms. The Morgan fingerprint density at radius 3 is 2.80 bits per heavy atom. The van der Waals surface area contributed by atoms with Gasteiger partial charge in [-0.1, -0.05) is 11.2 Å². The number of aromatic nitrogens is 1. The summed E-state index contributed by atoms with van der Waals surface area (Å²) < 4.78 is 18.2. The molecule has 3 nitrogen and oxygen atoms in total. The Bertz CT molecular complexity index is 484. The van der Waals surface area contributed by atoms with Gasteiger partial charge in [-0.15, -0.1) is 11.8 Å². The minimum Gasteiger partial charge on any atom is -0.367 e. The van der Waals surface area contributed by atoms with Crippen LogP contribution >= 0.6 is 11.8 Å². The van der Waals surface area contributed by atoms with Crippen molar-refractivity contribution in [3.63, 3.8) is 0 Å². The van der Waals surface area contributed by atoms with Crippen LogP contribution in [-0.4, -0.2) is 11.4 Å². The molecule has 5 heteroatoms. The van der Waals surface area contributed by atoms with Gasteiger partial charge in [0.15, 0.2) is 0 Å². The molecule has 1 aromatic heterocycles. The molecule has 0 atom stereocenters. The minimum atomic E-state index is -0.263. The van der Waals surface area contributed by atoms with Gasteiger partial charge in [-0.05, 0) is 24.0 Å². The van der Waals surface area contributed by atoms with Crippen molar-refractivity contribution in [2.24, 2.45) is 0 Å². The summed E-state index contributed by atoms with van der Waals surface area (Å²) in [6, 6.07) is 4.92. The molecule has 0 saturated heterocycles. The highest BCUT2D eigenvalue weighted by Gasteiger charge is 2.09. The van der Waals surface area contributed by atoms with Crippen LogP contribution in [0.5, 0.6) is 0 Å². The molecule has 0 radical (unpaired) electrons. The first-order valence-electron chi connectivity index (χ1n) is 4.26. The van der Waals surface area contributed by atoms with Crippen LogP contribution in [-0.2, 0) is 0 Å². The van der Waals surface area contributed by atoms with E-state index in [-0.39, 0.29) is 11.7 Å². The fraction of sp³-hybridized carbons (Fsp3) is 0.100. The molecule has 0 saturated carbocycles. The van der Waals surface area contributed by atoms with E-state index in [1.807, 2.05) is 6.26 Å². The second-order valence-electron chi connectivity index (χ2n) is 2.95. The first kappa shape index (κ1) is 10.0. The Kier molecular flexibility index (Phi) is 2.64. The highest BCUT2D eigenvalue weighted by Crippen LogP contribution is 2.29. The number of anilines is 1. The van der Waals surface area contributed by atoms with Gasteiger partial charge in [-0.25, -0.2) is 4.39 Å². The van der Waals surface area contributed by atoms with Gasteiger partial charge in [0.05, 0.1) is 11.8 Å².